The molecule has 5 heteroatoms. The molecule has 1 aromatic carbocycles. The maximum absolute atomic E-state index is 12.4. The number of amides is 1. The SMILES string of the molecule is CC1NC(c2cccc(Cl)c2)N(CC2CCCOC2)C1=O. The van der Waals surface area contributed by atoms with E-state index in [-0.39, 0.29) is 18.1 Å². The molecule has 21 heavy (non-hydrogen) atoms. The van der Waals surface area contributed by atoms with Crippen LogP contribution in [0.4, 0.5) is 0 Å². The average molecular weight is 309 g/mol. The maximum Gasteiger partial charge on any atom is 0.241 e. The van der Waals surface area contributed by atoms with Crippen molar-refractivity contribution in [2.75, 3.05) is 19.8 Å². The third-order valence-electron chi connectivity index (χ3n) is 4.25. The smallest absolute Gasteiger partial charge is 0.241 e. The number of hydrogen-bond acceptors (Lipinski definition) is 3. The van der Waals surface area contributed by atoms with E-state index in [2.05, 4.69) is 5.32 Å². The number of halogens is 1. The first-order chi connectivity index (χ1) is 10.1. The summed E-state index contributed by atoms with van der Waals surface area (Å²) < 4.78 is 5.54. The van der Waals surface area contributed by atoms with Gasteiger partial charge in [-0.05, 0) is 37.5 Å². The van der Waals surface area contributed by atoms with Gasteiger partial charge in [-0.3, -0.25) is 10.1 Å². The van der Waals surface area contributed by atoms with Gasteiger partial charge in [-0.15, -0.1) is 0 Å². The molecule has 1 amide bonds. The summed E-state index contributed by atoms with van der Waals surface area (Å²) in [6, 6.07) is 7.56. The van der Waals surface area contributed by atoms with Crippen LogP contribution < -0.4 is 5.32 Å². The lowest BCUT2D eigenvalue weighted by Crippen LogP contribution is -2.37. The van der Waals surface area contributed by atoms with Crippen molar-refractivity contribution < 1.29 is 9.53 Å². The Bertz CT molecular complexity index is 517. The molecule has 3 unspecified atom stereocenters. The first-order valence-electron chi connectivity index (χ1n) is 7.55. The van der Waals surface area contributed by atoms with Crippen LogP contribution in [0.15, 0.2) is 24.3 Å². The van der Waals surface area contributed by atoms with Gasteiger partial charge in [0.2, 0.25) is 5.91 Å². The first kappa shape index (κ1) is 14.8. The van der Waals surface area contributed by atoms with Crippen LogP contribution >= 0.6 is 11.6 Å². The second-order valence-electron chi connectivity index (χ2n) is 5.92. The summed E-state index contributed by atoms with van der Waals surface area (Å²) in [4.78, 5) is 14.4. The summed E-state index contributed by atoms with van der Waals surface area (Å²) in [5.74, 6) is 0.585. The molecule has 0 saturated carbocycles. The van der Waals surface area contributed by atoms with Gasteiger partial charge in [-0.25, -0.2) is 0 Å². The number of rotatable bonds is 3. The van der Waals surface area contributed by atoms with Crippen LogP contribution in [-0.2, 0) is 9.53 Å². The van der Waals surface area contributed by atoms with Crippen LogP contribution in [0.25, 0.3) is 0 Å². The van der Waals surface area contributed by atoms with Gasteiger partial charge in [0.25, 0.3) is 0 Å². The number of hydrogen-bond donors (Lipinski definition) is 1. The van der Waals surface area contributed by atoms with E-state index < -0.39 is 0 Å². The number of nitrogens with one attached hydrogen (secondary N) is 1. The molecule has 3 rings (SSSR count). The molecule has 2 heterocycles. The van der Waals surface area contributed by atoms with Gasteiger partial charge in [-0.2, -0.15) is 0 Å². The Kier molecular flexibility index (Phi) is 4.48. The molecule has 1 aromatic rings. The molecule has 3 atom stereocenters. The van der Waals surface area contributed by atoms with E-state index in [0.717, 1.165) is 38.2 Å². The summed E-state index contributed by atoms with van der Waals surface area (Å²) in [7, 11) is 0. The third-order valence-corrected chi connectivity index (χ3v) is 4.48. The minimum atomic E-state index is -0.154. The molecule has 0 aliphatic carbocycles. The molecular weight excluding hydrogens is 288 g/mol. The van der Waals surface area contributed by atoms with Gasteiger partial charge in [0.05, 0.1) is 12.6 Å². The second-order valence-corrected chi connectivity index (χ2v) is 6.36. The van der Waals surface area contributed by atoms with Gasteiger partial charge < -0.3 is 9.64 Å². The Balaban J connectivity index is 1.78. The fourth-order valence-corrected chi connectivity index (χ4v) is 3.35. The number of carbonyl (C=O) groups is 1. The Morgan fingerprint density at radius 1 is 1.48 bits per heavy atom. The lowest BCUT2D eigenvalue weighted by Gasteiger charge is -2.30. The standard InChI is InChI=1S/C16H21ClN2O2/c1-11-16(20)19(9-12-4-3-7-21-10-12)15(18-11)13-5-2-6-14(17)8-13/h2,5-6,8,11-12,15,18H,3-4,7,9-10H2,1H3. The van der Waals surface area contributed by atoms with Gasteiger partial charge in [0, 0.05) is 24.1 Å². The van der Waals surface area contributed by atoms with E-state index in [9.17, 15) is 4.79 Å². The molecule has 1 N–H and O–H groups in total. The highest BCUT2D eigenvalue weighted by Gasteiger charge is 2.38. The fraction of sp³-hybridized carbons (Fsp3) is 0.562. The van der Waals surface area contributed by atoms with Crippen molar-refractivity contribution >= 4 is 17.5 Å². The Hall–Kier alpha value is -1.10. The van der Waals surface area contributed by atoms with Gasteiger partial charge in [0.15, 0.2) is 0 Å². The number of ether oxygens (including phenoxy) is 1. The topological polar surface area (TPSA) is 41.6 Å². The molecule has 2 aliphatic heterocycles. The Labute approximate surface area is 130 Å². The first-order valence-corrected chi connectivity index (χ1v) is 7.92. The van der Waals surface area contributed by atoms with Crippen molar-refractivity contribution in [2.24, 2.45) is 5.92 Å². The summed E-state index contributed by atoms with van der Waals surface area (Å²) in [5, 5.41) is 4.06. The van der Waals surface area contributed by atoms with E-state index in [1.54, 1.807) is 0 Å². The number of benzene rings is 1. The molecule has 0 aromatic heterocycles. The molecule has 0 radical (unpaired) electrons. The lowest BCUT2D eigenvalue weighted by molar-refractivity contribution is -0.131. The van der Waals surface area contributed by atoms with E-state index in [4.69, 9.17) is 16.3 Å². The van der Waals surface area contributed by atoms with Crippen molar-refractivity contribution in [3.63, 3.8) is 0 Å². The van der Waals surface area contributed by atoms with Gasteiger partial charge in [0.1, 0.15) is 6.17 Å². The van der Waals surface area contributed by atoms with E-state index >= 15 is 0 Å². The van der Waals surface area contributed by atoms with Crippen LogP contribution in [0.1, 0.15) is 31.5 Å². The highest BCUT2D eigenvalue weighted by Crippen LogP contribution is 2.29. The lowest BCUT2D eigenvalue weighted by atomic mass is 10.0. The Morgan fingerprint density at radius 2 is 2.33 bits per heavy atom. The molecule has 0 spiro atoms. The average Bonchev–Trinajstić information content (AvgIpc) is 2.77. The quantitative estimate of drug-likeness (QED) is 0.933. The van der Waals surface area contributed by atoms with Crippen molar-refractivity contribution in [3.8, 4) is 0 Å². The Morgan fingerprint density at radius 3 is 3.05 bits per heavy atom. The third kappa shape index (κ3) is 3.23. The zero-order chi connectivity index (χ0) is 14.8. The summed E-state index contributed by atoms with van der Waals surface area (Å²) in [6.45, 7) is 4.25. The fourth-order valence-electron chi connectivity index (χ4n) is 3.15. The summed E-state index contributed by atoms with van der Waals surface area (Å²) in [6.07, 6.45) is 2.12. The highest BCUT2D eigenvalue weighted by atomic mass is 35.5. The molecule has 0 bridgehead atoms. The maximum atomic E-state index is 12.4. The molecule has 4 nitrogen and oxygen atoms in total. The summed E-state index contributed by atoms with van der Waals surface area (Å²) >= 11 is 6.08. The van der Waals surface area contributed by atoms with Crippen molar-refractivity contribution in [2.45, 2.75) is 32.0 Å². The summed E-state index contributed by atoms with van der Waals surface area (Å²) in [5.41, 5.74) is 1.04. The van der Waals surface area contributed by atoms with Crippen LogP contribution in [0.3, 0.4) is 0 Å². The van der Waals surface area contributed by atoms with E-state index in [1.165, 1.54) is 0 Å². The minimum Gasteiger partial charge on any atom is -0.381 e. The minimum absolute atomic E-state index is 0.0897. The highest BCUT2D eigenvalue weighted by molar-refractivity contribution is 6.30. The van der Waals surface area contributed by atoms with Crippen LogP contribution in [0.5, 0.6) is 0 Å². The molecule has 2 aliphatic rings. The van der Waals surface area contributed by atoms with Crippen LogP contribution in [-0.4, -0.2) is 36.6 Å². The van der Waals surface area contributed by atoms with E-state index in [0.29, 0.717) is 10.9 Å². The normalized spacial score (nSPS) is 29.9. The number of carbonyl (C=O) groups excluding carboxylic acids is 1. The molecular formula is C16H21ClN2O2. The van der Waals surface area contributed by atoms with Crippen molar-refractivity contribution in [1.29, 1.82) is 0 Å². The largest absolute Gasteiger partial charge is 0.381 e. The number of nitrogens with zero attached hydrogens (tertiary/aromatic N) is 1. The predicted molar refractivity (Wildman–Crippen MR) is 82.0 cm³/mol. The second kappa shape index (κ2) is 6.34. The zero-order valence-corrected chi connectivity index (χ0v) is 13.0. The van der Waals surface area contributed by atoms with Gasteiger partial charge >= 0.3 is 0 Å². The predicted octanol–water partition coefficient (Wildman–Crippen LogP) is 2.59. The van der Waals surface area contributed by atoms with Crippen LogP contribution in [0.2, 0.25) is 5.02 Å². The van der Waals surface area contributed by atoms with Crippen molar-refractivity contribution in [3.05, 3.63) is 34.9 Å². The van der Waals surface area contributed by atoms with E-state index in [1.807, 2.05) is 36.1 Å². The molecule has 2 saturated heterocycles. The van der Waals surface area contributed by atoms with Crippen molar-refractivity contribution in [1.82, 2.24) is 10.2 Å². The molecule has 2 fully saturated rings. The monoisotopic (exact) mass is 308 g/mol. The van der Waals surface area contributed by atoms with Crippen LogP contribution in [0, 0.1) is 5.92 Å². The molecule has 114 valence electrons. The zero-order valence-electron chi connectivity index (χ0n) is 12.2. The van der Waals surface area contributed by atoms with Gasteiger partial charge in [-0.1, -0.05) is 23.7 Å².